The molecule has 4 aromatic heterocycles. The number of aryl methyl sites for hydroxylation is 1. The van der Waals surface area contributed by atoms with Crippen LogP contribution in [0.1, 0.15) is 49.2 Å². The summed E-state index contributed by atoms with van der Waals surface area (Å²) in [6.45, 7) is 1.62. The highest BCUT2D eigenvalue weighted by Gasteiger charge is 2.56. The normalized spacial score (nSPS) is 19.7. The Kier molecular flexibility index (Phi) is 4.97. The van der Waals surface area contributed by atoms with Crippen LogP contribution in [0.2, 0.25) is 0 Å². The first kappa shape index (κ1) is 24.1. The first-order valence-electron chi connectivity index (χ1n) is 11.4. The van der Waals surface area contributed by atoms with Crippen LogP contribution in [0.4, 0.5) is 33.6 Å². The highest BCUT2D eigenvalue weighted by Crippen LogP contribution is 2.45. The van der Waals surface area contributed by atoms with E-state index in [1.54, 1.807) is 17.8 Å². The van der Waals surface area contributed by atoms with Gasteiger partial charge in [0.05, 0.1) is 29.7 Å². The molecule has 0 spiro atoms. The van der Waals surface area contributed by atoms with Gasteiger partial charge in [0.2, 0.25) is 5.91 Å². The summed E-state index contributed by atoms with van der Waals surface area (Å²) in [5.41, 5.74) is 5.39. The van der Waals surface area contributed by atoms with Crippen molar-refractivity contribution in [3.05, 3.63) is 35.7 Å². The number of amides is 1. The minimum absolute atomic E-state index is 0.000448. The Hall–Kier alpha value is -4.31. The number of carbonyl (C=O) groups is 1. The molecule has 0 aromatic carbocycles. The van der Waals surface area contributed by atoms with E-state index >= 15 is 0 Å². The first-order valence-corrected chi connectivity index (χ1v) is 11.4. The van der Waals surface area contributed by atoms with Gasteiger partial charge in [-0.15, -0.1) is 5.10 Å². The van der Waals surface area contributed by atoms with Crippen LogP contribution in [-0.2, 0) is 16.6 Å². The SMILES string of the molecule is CC1(c2cn(C3CC3)nn2)C(=O)Nc2nc(-c3cn4ncnc4c(CCC(F)(F)C(F)(F)F)n3)nc(N)c21. The zero-order chi connectivity index (χ0) is 27.0. The fourth-order valence-electron chi connectivity index (χ4n) is 4.37. The van der Waals surface area contributed by atoms with Gasteiger partial charge in [-0.2, -0.15) is 27.1 Å². The van der Waals surface area contributed by atoms with Crippen molar-refractivity contribution >= 4 is 23.2 Å². The number of nitrogens with one attached hydrogen (secondary N) is 1. The molecule has 1 fully saturated rings. The van der Waals surface area contributed by atoms with Gasteiger partial charge >= 0.3 is 12.1 Å². The number of hydrogen-bond donors (Lipinski definition) is 2. The van der Waals surface area contributed by atoms with Crippen LogP contribution < -0.4 is 11.1 Å². The van der Waals surface area contributed by atoms with Gasteiger partial charge in [0.1, 0.15) is 34.8 Å². The third-order valence-electron chi connectivity index (χ3n) is 6.72. The number of hydrogen-bond acceptors (Lipinski definition) is 9. The van der Waals surface area contributed by atoms with Crippen LogP contribution in [-0.4, -0.2) is 62.5 Å². The largest absolute Gasteiger partial charge is 0.453 e. The maximum atomic E-state index is 13.6. The third kappa shape index (κ3) is 3.63. The van der Waals surface area contributed by atoms with Crippen molar-refractivity contribution in [2.24, 2.45) is 0 Å². The molecule has 198 valence electrons. The highest BCUT2D eigenvalue weighted by molar-refractivity contribution is 6.08. The van der Waals surface area contributed by atoms with E-state index in [0.29, 0.717) is 5.69 Å². The molecular weight excluding hydrogens is 517 g/mol. The molecular formula is C21H18F5N11O. The Labute approximate surface area is 209 Å². The molecule has 1 saturated carbocycles. The van der Waals surface area contributed by atoms with Crippen molar-refractivity contribution in [3.8, 4) is 11.5 Å². The average molecular weight is 535 g/mol. The summed E-state index contributed by atoms with van der Waals surface area (Å²) in [7, 11) is 0. The van der Waals surface area contributed by atoms with Crippen LogP contribution in [0.15, 0.2) is 18.7 Å². The predicted octanol–water partition coefficient (Wildman–Crippen LogP) is 2.48. The minimum Gasteiger partial charge on any atom is -0.383 e. The van der Waals surface area contributed by atoms with Crippen LogP contribution in [0.3, 0.4) is 0 Å². The summed E-state index contributed by atoms with van der Waals surface area (Å²) in [5, 5.41) is 14.9. The van der Waals surface area contributed by atoms with Crippen LogP contribution in [0.25, 0.3) is 17.2 Å². The molecule has 4 aromatic rings. The highest BCUT2D eigenvalue weighted by atomic mass is 19.4. The minimum atomic E-state index is -5.71. The number of rotatable bonds is 6. The van der Waals surface area contributed by atoms with Gasteiger partial charge in [0.15, 0.2) is 11.5 Å². The number of fused-ring (bicyclic) bond motifs is 2. The Morgan fingerprint density at radius 2 is 1.92 bits per heavy atom. The number of halogens is 5. The van der Waals surface area contributed by atoms with Crippen LogP contribution in [0.5, 0.6) is 0 Å². The molecule has 1 unspecified atom stereocenters. The van der Waals surface area contributed by atoms with Crippen molar-refractivity contribution in [2.75, 3.05) is 11.1 Å². The summed E-state index contributed by atoms with van der Waals surface area (Å²) in [4.78, 5) is 29.8. The first-order chi connectivity index (χ1) is 17.9. The van der Waals surface area contributed by atoms with Crippen molar-refractivity contribution in [1.82, 2.24) is 44.5 Å². The summed E-state index contributed by atoms with van der Waals surface area (Å²) in [6, 6.07) is 0.239. The molecule has 1 amide bonds. The Bertz CT molecular complexity index is 1590. The smallest absolute Gasteiger partial charge is 0.383 e. The van der Waals surface area contributed by atoms with Gasteiger partial charge in [-0.25, -0.2) is 29.1 Å². The summed E-state index contributed by atoms with van der Waals surface area (Å²) < 4.78 is 68.1. The van der Waals surface area contributed by atoms with E-state index in [9.17, 15) is 26.7 Å². The molecule has 0 radical (unpaired) electrons. The molecule has 38 heavy (non-hydrogen) atoms. The van der Waals surface area contributed by atoms with Gasteiger partial charge in [-0.05, 0) is 26.2 Å². The Morgan fingerprint density at radius 3 is 2.63 bits per heavy atom. The van der Waals surface area contributed by atoms with Crippen LogP contribution >= 0.6 is 0 Å². The molecule has 3 N–H and O–H groups in total. The molecule has 0 bridgehead atoms. The molecule has 17 heteroatoms. The van der Waals surface area contributed by atoms with E-state index in [2.05, 4.69) is 40.7 Å². The molecule has 1 aliphatic carbocycles. The van der Waals surface area contributed by atoms with Gasteiger partial charge in [-0.1, -0.05) is 5.21 Å². The molecule has 12 nitrogen and oxygen atoms in total. The molecule has 5 heterocycles. The quantitative estimate of drug-likeness (QED) is 0.354. The summed E-state index contributed by atoms with van der Waals surface area (Å²) in [5.74, 6) is -5.47. The van der Waals surface area contributed by atoms with Gasteiger partial charge in [0, 0.05) is 6.42 Å². The molecule has 1 aliphatic heterocycles. The zero-order valence-corrected chi connectivity index (χ0v) is 19.5. The van der Waals surface area contributed by atoms with E-state index < -0.39 is 36.3 Å². The second-order valence-corrected chi connectivity index (χ2v) is 9.35. The number of nitrogen functional groups attached to an aromatic ring is 1. The average Bonchev–Trinajstić information content (AvgIpc) is 3.26. The van der Waals surface area contributed by atoms with Crippen molar-refractivity contribution in [3.63, 3.8) is 0 Å². The zero-order valence-electron chi connectivity index (χ0n) is 19.5. The molecule has 6 rings (SSSR count). The number of alkyl halides is 5. The summed E-state index contributed by atoms with van der Waals surface area (Å²) >= 11 is 0. The second-order valence-electron chi connectivity index (χ2n) is 9.35. The van der Waals surface area contributed by atoms with Crippen molar-refractivity contribution < 1.29 is 26.7 Å². The fourth-order valence-corrected chi connectivity index (χ4v) is 4.37. The van der Waals surface area contributed by atoms with Gasteiger partial charge in [0.25, 0.3) is 0 Å². The number of carbonyl (C=O) groups excluding carboxylic acids is 1. The monoisotopic (exact) mass is 535 g/mol. The maximum Gasteiger partial charge on any atom is 0.453 e. The van der Waals surface area contributed by atoms with E-state index in [4.69, 9.17) is 5.73 Å². The number of nitrogens with zero attached hydrogens (tertiary/aromatic N) is 9. The maximum absolute atomic E-state index is 13.6. The van der Waals surface area contributed by atoms with Gasteiger partial charge < -0.3 is 11.1 Å². The van der Waals surface area contributed by atoms with E-state index in [-0.39, 0.29) is 46.1 Å². The van der Waals surface area contributed by atoms with Crippen molar-refractivity contribution in [1.29, 1.82) is 0 Å². The van der Waals surface area contributed by atoms with Crippen LogP contribution in [0, 0.1) is 0 Å². The molecule has 1 atom stereocenters. The topological polar surface area (TPSA) is 155 Å². The lowest BCUT2D eigenvalue weighted by Crippen LogP contribution is -2.36. The Balaban J connectivity index is 1.39. The fraction of sp³-hybridized carbons (Fsp3) is 0.429. The van der Waals surface area contributed by atoms with Crippen molar-refractivity contribution in [2.45, 2.75) is 56.2 Å². The number of nitrogens with two attached hydrogens (primary N) is 1. The lowest BCUT2D eigenvalue weighted by molar-refractivity contribution is -0.284. The standard InChI is InChI=1S/C21H18F5N11O/c1-19(12-7-36(35-34-12)9-2-3-9)13-14(27)31-15(32-16(13)33-18(19)38)11-6-37-17(28-8-29-37)10(30-11)4-5-20(22,23)21(24,25)26/h6-9H,2-5H2,1H3,(H3,27,31,32,33,38). The molecule has 0 saturated heterocycles. The predicted molar refractivity (Wildman–Crippen MR) is 119 cm³/mol. The third-order valence-corrected chi connectivity index (χ3v) is 6.72. The van der Waals surface area contributed by atoms with Gasteiger partial charge in [-0.3, -0.25) is 4.79 Å². The van der Waals surface area contributed by atoms with E-state index in [1.807, 2.05) is 0 Å². The second kappa shape index (κ2) is 7.84. The Morgan fingerprint density at radius 1 is 1.16 bits per heavy atom. The lowest BCUT2D eigenvalue weighted by Gasteiger charge is -2.20. The number of anilines is 2. The molecule has 2 aliphatic rings. The van der Waals surface area contributed by atoms with E-state index in [0.717, 1.165) is 23.7 Å². The number of aromatic nitrogens is 9. The lowest BCUT2D eigenvalue weighted by atomic mass is 9.81. The summed E-state index contributed by atoms with van der Waals surface area (Å²) in [6.07, 6.45) is -1.96. The van der Waals surface area contributed by atoms with E-state index in [1.165, 1.54) is 6.20 Å².